The number of carbonyl (C=O) groups excluding carboxylic acids is 3. The Balaban J connectivity index is 1.94. The summed E-state index contributed by atoms with van der Waals surface area (Å²) in [5.41, 5.74) is -0.531. The van der Waals surface area contributed by atoms with Crippen molar-refractivity contribution in [2.75, 3.05) is 11.9 Å². The van der Waals surface area contributed by atoms with Gasteiger partial charge in [-0.3, -0.25) is 9.59 Å². The summed E-state index contributed by atoms with van der Waals surface area (Å²) >= 11 is 0. The van der Waals surface area contributed by atoms with Gasteiger partial charge in [0.05, 0.1) is 5.56 Å². The van der Waals surface area contributed by atoms with Crippen LogP contribution in [0.4, 0.5) is 23.7 Å². The molecule has 2 aromatic rings. The molecule has 7 nitrogen and oxygen atoms in total. The SMILES string of the molecule is CC(C)(C)OC(=O)NCC(=O)NCc1ccccc1NC(=O)c1ccc(C(F)(F)F)cc1. The molecule has 0 aliphatic rings. The number of alkyl halides is 3. The fraction of sp³-hybridized carbons (Fsp3) is 0.318. The maximum atomic E-state index is 12.7. The molecule has 0 radical (unpaired) electrons. The van der Waals surface area contributed by atoms with E-state index in [1.807, 2.05) is 0 Å². The van der Waals surface area contributed by atoms with Gasteiger partial charge in [-0.1, -0.05) is 18.2 Å². The molecule has 10 heteroatoms. The molecule has 32 heavy (non-hydrogen) atoms. The Morgan fingerprint density at radius 1 is 0.906 bits per heavy atom. The first-order chi connectivity index (χ1) is 14.8. The van der Waals surface area contributed by atoms with Crippen molar-refractivity contribution in [3.05, 3.63) is 65.2 Å². The smallest absolute Gasteiger partial charge is 0.416 e. The summed E-state index contributed by atoms with van der Waals surface area (Å²) in [7, 11) is 0. The highest BCUT2D eigenvalue weighted by Crippen LogP contribution is 2.29. The van der Waals surface area contributed by atoms with Crippen molar-refractivity contribution in [1.82, 2.24) is 10.6 Å². The normalized spacial score (nSPS) is 11.4. The van der Waals surface area contributed by atoms with E-state index in [2.05, 4.69) is 16.0 Å². The zero-order valence-corrected chi connectivity index (χ0v) is 17.8. The average Bonchev–Trinajstić information content (AvgIpc) is 2.70. The lowest BCUT2D eigenvalue weighted by atomic mass is 10.1. The van der Waals surface area contributed by atoms with E-state index in [9.17, 15) is 27.6 Å². The van der Waals surface area contributed by atoms with E-state index in [1.165, 1.54) is 0 Å². The van der Waals surface area contributed by atoms with Crippen LogP contribution in [0, 0.1) is 0 Å². The third-order valence-corrected chi connectivity index (χ3v) is 4.01. The molecule has 2 rings (SSSR count). The number of halogens is 3. The summed E-state index contributed by atoms with van der Waals surface area (Å²) in [6, 6.07) is 10.5. The van der Waals surface area contributed by atoms with E-state index >= 15 is 0 Å². The van der Waals surface area contributed by atoms with Crippen molar-refractivity contribution in [1.29, 1.82) is 0 Å². The van der Waals surface area contributed by atoms with E-state index in [0.29, 0.717) is 11.3 Å². The zero-order valence-electron chi connectivity index (χ0n) is 17.8. The molecule has 0 fully saturated rings. The van der Waals surface area contributed by atoms with Crippen molar-refractivity contribution < 1.29 is 32.3 Å². The van der Waals surface area contributed by atoms with E-state index in [0.717, 1.165) is 24.3 Å². The highest BCUT2D eigenvalue weighted by atomic mass is 19.4. The van der Waals surface area contributed by atoms with Gasteiger partial charge in [0.1, 0.15) is 12.1 Å². The van der Waals surface area contributed by atoms with Crippen molar-refractivity contribution >= 4 is 23.6 Å². The van der Waals surface area contributed by atoms with E-state index < -0.39 is 35.2 Å². The predicted molar refractivity (Wildman–Crippen MR) is 112 cm³/mol. The van der Waals surface area contributed by atoms with Gasteiger partial charge in [0.25, 0.3) is 5.91 Å². The number of ether oxygens (including phenoxy) is 1. The molecule has 0 aliphatic carbocycles. The Morgan fingerprint density at radius 2 is 1.53 bits per heavy atom. The molecule has 0 saturated carbocycles. The monoisotopic (exact) mass is 451 g/mol. The quantitative estimate of drug-likeness (QED) is 0.616. The van der Waals surface area contributed by atoms with Gasteiger partial charge in [0, 0.05) is 17.8 Å². The minimum atomic E-state index is -4.49. The van der Waals surface area contributed by atoms with Crippen LogP contribution in [0.2, 0.25) is 0 Å². The Morgan fingerprint density at radius 3 is 2.12 bits per heavy atom. The molecule has 0 unspecified atom stereocenters. The Labute approximate surface area is 183 Å². The van der Waals surface area contributed by atoms with Gasteiger partial charge >= 0.3 is 12.3 Å². The van der Waals surface area contributed by atoms with E-state index in [4.69, 9.17) is 4.74 Å². The largest absolute Gasteiger partial charge is 0.444 e. The summed E-state index contributed by atoms with van der Waals surface area (Å²) in [5, 5.41) is 7.57. The minimum absolute atomic E-state index is 0.0539. The van der Waals surface area contributed by atoms with Gasteiger partial charge in [-0.2, -0.15) is 13.2 Å². The second kappa shape index (κ2) is 10.2. The Hall–Kier alpha value is -3.56. The summed E-state index contributed by atoms with van der Waals surface area (Å²) in [6.07, 6.45) is -5.21. The number of hydrogen-bond acceptors (Lipinski definition) is 4. The summed E-state index contributed by atoms with van der Waals surface area (Å²) in [6.45, 7) is 4.85. The fourth-order valence-electron chi connectivity index (χ4n) is 2.52. The average molecular weight is 451 g/mol. The van der Waals surface area contributed by atoms with Crippen LogP contribution in [0.15, 0.2) is 48.5 Å². The van der Waals surface area contributed by atoms with Crippen LogP contribution in [0.1, 0.15) is 42.3 Å². The zero-order chi connectivity index (χ0) is 23.9. The number of nitrogens with one attached hydrogen (secondary N) is 3. The number of benzene rings is 2. The lowest BCUT2D eigenvalue weighted by molar-refractivity contribution is -0.137. The van der Waals surface area contributed by atoms with Gasteiger partial charge in [-0.25, -0.2) is 4.79 Å². The molecule has 3 N–H and O–H groups in total. The van der Waals surface area contributed by atoms with Gasteiger partial charge in [-0.15, -0.1) is 0 Å². The molecule has 0 atom stereocenters. The van der Waals surface area contributed by atoms with E-state index in [-0.39, 0.29) is 18.7 Å². The molecular formula is C22H24F3N3O4. The Kier molecular flexibility index (Phi) is 7.85. The molecule has 0 saturated heterocycles. The summed E-state index contributed by atoms with van der Waals surface area (Å²) in [5.74, 6) is -1.07. The number of rotatable bonds is 6. The molecule has 3 amide bonds. The number of para-hydroxylation sites is 1. The summed E-state index contributed by atoms with van der Waals surface area (Å²) < 4.78 is 43.1. The molecule has 0 aromatic heterocycles. The van der Waals surface area contributed by atoms with Gasteiger partial charge in [-0.05, 0) is 56.7 Å². The molecule has 0 heterocycles. The standard InChI is InChI=1S/C22H24F3N3O4/c1-21(2,3)32-20(31)27-13-18(29)26-12-15-6-4-5-7-17(15)28-19(30)14-8-10-16(11-9-14)22(23,24)25/h4-11H,12-13H2,1-3H3,(H,26,29)(H,27,31)(H,28,30). The molecule has 0 spiro atoms. The highest BCUT2D eigenvalue weighted by molar-refractivity contribution is 6.04. The van der Waals surface area contributed by atoms with E-state index in [1.54, 1.807) is 45.0 Å². The number of anilines is 1. The Bertz CT molecular complexity index is 968. The molecule has 2 aromatic carbocycles. The number of alkyl carbamates (subject to hydrolysis) is 1. The number of amides is 3. The highest BCUT2D eigenvalue weighted by Gasteiger charge is 2.30. The molecule has 0 aliphatic heterocycles. The first-order valence-electron chi connectivity index (χ1n) is 9.65. The van der Waals surface area contributed by atoms with Crippen molar-refractivity contribution in [2.24, 2.45) is 0 Å². The molecule has 172 valence electrons. The van der Waals surface area contributed by atoms with Crippen LogP contribution in [-0.4, -0.2) is 30.1 Å². The first-order valence-corrected chi connectivity index (χ1v) is 9.65. The van der Waals surface area contributed by atoms with Crippen LogP contribution in [0.25, 0.3) is 0 Å². The fourth-order valence-corrected chi connectivity index (χ4v) is 2.52. The lowest BCUT2D eigenvalue weighted by Gasteiger charge is -2.19. The van der Waals surface area contributed by atoms with Gasteiger partial charge < -0.3 is 20.7 Å². The van der Waals surface area contributed by atoms with Crippen LogP contribution in [-0.2, 0) is 22.3 Å². The molecule has 0 bridgehead atoms. The van der Waals surface area contributed by atoms with Crippen LogP contribution < -0.4 is 16.0 Å². The van der Waals surface area contributed by atoms with Crippen molar-refractivity contribution in [2.45, 2.75) is 39.1 Å². The van der Waals surface area contributed by atoms with Crippen molar-refractivity contribution in [3.8, 4) is 0 Å². The predicted octanol–water partition coefficient (Wildman–Crippen LogP) is 4.10. The maximum Gasteiger partial charge on any atom is 0.416 e. The van der Waals surface area contributed by atoms with Crippen LogP contribution in [0.5, 0.6) is 0 Å². The summed E-state index contributed by atoms with van der Waals surface area (Å²) in [4.78, 5) is 36.0. The lowest BCUT2D eigenvalue weighted by Crippen LogP contribution is -2.39. The number of carbonyl (C=O) groups is 3. The maximum absolute atomic E-state index is 12.7. The third kappa shape index (κ3) is 7.93. The van der Waals surface area contributed by atoms with Gasteiger partial charge in [0.2, 0.25) is 5.91 Å². The second-order valence-corrected chi connectivity index (χ2v) is 7.82. The minimum Gasteiger partial charge on any atom is -0.444 e. The first kappa shape index (κ1) is 24.7. The van der Waals surface area contributed by atoms with Crippen LogP contribution >= 0.6 is 0 Å². The second-order valence-electron chi connectivity index (χ2n) is 7.82. The number of hydrogen-bond donors (Lipinski definition) is 3. The molecular weight excluding hydrogens is 427 g/mol. The third-order valence-electron chi connectivity index (χ3n) is 4.01. The van der Waals surface area contributed by atoms with Crippen molar-refractivity contribution in [3.63, 3.8) is 0 Å². The topological polar surface area (TPSA) is 96.5 Å². The van der Waals surface area contributed by atoms with Gasteiger partial charge in [0.15, 0.2) is 0 Å². The van der Waals surface area contributed by atoms with Crippen LogP contribution in [0.3, 0.4) is 0 Å².